The normalized spacial score (nSPS) is 19.8. The Labute approximate surface area is 73.0 Å². The minimum atomic E-state index is -0.469. The van der Waals surface area contributed by atoms with Crippen molar-refractivity contribution < 1.29 is 4.79 Å². The maximum Gasteiger partial charge on any atom is 0.239 e. The summed E-state index contributed by atoms with van der Waals surface area (Å²) in [6.45, 7) is 3.34. The molecule has 0 aromatic rings. The molecule has 0 radical (unpaired) electrons. The van der Waals surface area contributed by atoms with Crippen LogP contribution in [0.25, 0.3) is 0 Å². The summed E-state index contributed by atoms with van der Waals surface area (Å²) < 4.78 is 0. The molecule has 1 aliphatic heterocycles. The van der Waals surface area contributed by atoms with Crippen LogP contribution in [0.1, 0.15) is 26.2 Å². The van der Waals surface area contributed by atoms with Crippen molar-refractivity contribution in [2.24, 2.45) is 5.92 Å². The first-order chi connectivity index (χ1) is 5.75. The Morgan fingerprint density at radius 3 is 2.50 bits per heavy atom. The maximum absolute atomic E-state index is 11.4. The highest BCUT2D eigenvalue weighted by Crippen LogP contribution is 2.11. The number of nitrogens with zero attached hydrogens (tertiary/aromatic N) is 2. The molecule has 0 N–H and O–H groups in total. The summed E-state index contributed by atoms with van der Waals surface area (Å²) in [6.07, 6.45) is 3.39. The zero-order chi connectivity index (χ0) is 8.97. The third-order valence-electron chi connectivity index (χ3n) is 2.23. The number of carbonyl (C=O) groups is 1. The van der Waals surface area contributed by atoms with Crippen LogP contribution in [-0.4, -0.2) is 23.9 Å². The van der Waals surface area contributed by atoms with Gasteiger partial charge in [-0.3, -0.25) is 4.79 Å². The van der Waals surface area contributed by atoms with E-state index in [1.54, 1.807) is 11.8 Å². The van der Waals surface area contributed by atoms with E-state index in [4.69, 9.17) is 5.26 Å². The lowest BCUT2D eigenvalue weighted by Crippen LogP contribution is -2.38. The third-order valence-corrected chi connectivity index (χ3v) is 2.23. The highest BCUT2D eigenvalue weighted by Gasteiger charge is 2.21. The molecule has 1 aliphatic rings. The van der Waals surface area contributed by atoms with Crippen LogP contribution >= 0.6 is 0 Å². The largest absolute Gasteiger partial charge is 0.342 e. The molecule has 1 unspecified atom stereocenters. The first-order valence-electron chi connectivity index (χ1n) is 4.44. The van der Waals surface area contributed by atoms with Gasteiger partial charge in [0, 0.05) is 13.1 Å². The van der Waals surface area contributed by atoms with E-state index in [-0.39, 0.29) is 5.91 Å². The van der Waals surface area contributed by atoms with Crippen molar-refractivity contribution in [3.8, 4) is 6.07 Å². The fraction of sp³-hybridized carbons (Fsp3) is 0.778. The fourth-order valence-corrected chi connectivity index (χ4v) is 1.44. The van der Waals surface area contributed by atoms with Crippen molar-refractivity contribution in [3.63, 3.8) is 0 Å². The van der Waals surface area contributed by atoms with Crippen LogP contribution in [0.15, 0.2) is 0 Å². The van der Waals surface area contributed by atoms with Gasteiger partial charge < -0.3 is 4.90 Å². The van der Waals surface area contributed by atoms with E-state index >= 15 is 0 Å². The third kappa shape index (κ3) is 1.97. The van der Waals surface area contributed by atoms with Crippen LogP contribution in [0.4, 0.5) is 0 Å². The molecular formula is C9H14N2O. The second-order valence-electron chi connectivity index (χ2n) is 3.24. The summed E-state index contributed by atoms with van der Waals surface area (Å²) in [7, 11) is 0. The molecule has 0 spiro atoms. The molecular weight excluding hydrogens is 152 g/mol. The zero-order valence-corrected chi connectivity index (χ0v) is 7.42. The molecule has 0 saturated carbocycles. The molecule has 0 aliphatic carbocycles. The quantitative estimate of drug-likeness (QED) is 0.586. The SMILES string of the molecule is CC(C#N)C(=O)N1CCCCC1. The number of piperidine rings is 1. The van der Waals surface area contributed by atoms with Crippen LogP contribution in [0.2, 0.25) is 0 Å². The molecule has 0 aromatic carbocycles. The first-order valence-corrected chi connectivity index (χ1v) is 4.44. The standard InChI is InChI=1S/C9H14N2O/c1-8(7-10)9(12)11-5-3-2-4-6-11/h8H,2-6H2,1H3. The van der Waals surface area contributed by atoms with Crippen molar-refractivity contribution in [3.05, 3.63) is 0 Å². The smallest absolute Gasteiger partial charge is 0.239 e. The molecule has 0 bridgehead atoms. The van der Waals surface area contributed by atoms with E-state index in [1.165, 1.54) is 6.42 Å². The average molecular weight is 166 g/mol. The highest BCUT2D eigenvalue weighted by atomic mass is 16.2. The lowest BCUT2D eigenvalue weighted by atomic mass is 10.1. The molecule has 1 saturated heterocycles. The van der Waals surface area contributed by atoms with E-state index in [0.717, 1.165) is 25.9 Å². The highest BCUT2D eigenvalue weighted by molar-refractivity contribution is 5.80. The van der Waals surface area contributed by atoms with E-state index in [9.17, 15) is 4.79 Å². The Bertz CT molecular complexity index is 201. The molecule has 0 aromatic heterocycles. The van der Waals surface area contributed by atoms with Crippen molar-refractivity contribution >= 4 is 5.91 Å². The number of rotatable bonds is 1. The lowest BCUT2D eigenvalue weighted by Gasteiger charge is -2.27. The van der Waals surface area contributed by atoms with Crippen LogP contribution in [0.3, 0.4) is 0 Å². The van der Waals surface area contributed by atoms with Gasteiger partial charge in [-0.2, -0.15) is 5.26 Å². The Balaban J connectivity index is 2.46. The maximum atomic E-state index is 11.4. The van der Waals surface area contributed by atoms with Gasteiger partial charge in [0.1, 0.15) is 5.92 Å². The number of hydrogen-bond donors (Lipinski definition) is 0. The van der Waals surface area contributed by atoms with Crippen molar-refractivity contribution in [1.29, 1.82) is 5.26 Å². The van der Waals surface area contributed by atoms with Crippen LogP contribution in [0, 0.1) is 17.2 Å². The molecule has 3 nitrogen and oxygen atoms in total. The summed E-state index contributed by atoms with van der Waals surface area (Å²) >= 11 is 0. The number of hydrogen-bond acceptors (Lipinski definition) is 2. The summed E-state index contributed by atoms with van der Waals surface area (Å²) in [4.78, 5) is 13.2. The first kappa shape index (κ1) is 9.05. The van der Waals surface area contributed by atoms with E-state index < -0.39 is 5.92 Å². The summed E-state index contributed by atoms with van der Waals surface area (Å²) in [6, 6.07) is 1.97. The molecule has 3 heteroatoms. The van der Waals surface area contributed by atoms with Gasteiger partial charge in [0.2, 0.25) is 5.91 Å². The Hall–Kier alpha value is -1.04. The number of nitriles is 1. The van der Waals surface area contributed by atoms with Gasteiger partial charge in [0.15, 0.2) is 0 Å². The lowest BCUT2D eigenvalue weighted by molar-refractivity contribution is -0.134. The fourth-order valence-electron chi connectivity index (χ4n) is 1.44. The average Bonchev–Trinajstić information content (AvgIpc) is 2.17. The summed E-state index contributed by atoms with van der Waals surface area (Å²) in [5.74, 6) is -0.472. The van der Waals surface area contributed by atoms with Crippen LogP contribution in [-0.2, 0) is 4.79 Å². The predicted molar refractivity (Wildman–Crippen MR) is 45.2 cm³/mol. The van der Waals surface area contributed by atoms with Crippen molar-refractivity contribution in [2.75, 3.05) is 13.1 Å². The molecule has 1 amide bonds. The van der Waals surface area contributed by atoms with Gasteiger partial charge >= 0.3 is 0 Å². The van der Waals surface area contributed by atoms with E-state index in [1.807, 2.05) is 6.07 Å². The summed E-state index contributed by atoms with van der Waals surface area (Å²) in [5.41, 5.74) is 0. The second-order valence-corrected chi connectivity index (χ2v) is 3.24. The van der Waals surface area contributed by atoms with Gasteiger partial charge in [-0.1, -0.05) is 0 Å². The van der Waals surface area contributed by atoms with Gasteiger partial charge in [0.05, 0.1) is 6.07 Å². The van der Waals surface area contributed by atoms with Crippen molar-refractivity contribution in [1.82, 2.24) is 4.90 Å². The molecule has 1 fully saturated rings. The number of carbonyl (C=O) groups excluding carboxylic acids is 1. The van der Waals surface area contributed by atoms with Gasteiger partial charge in [-0.25, -0.2) is 0 Å². The van der Waals surface area contributed by atoms with Gasteiger partial charge in [-0.05, 0) is 26.2 Å². The van der Waals surface area contributed by atoms with Gasteiger partial charge in [-0.15, -0.1) is 0 Å². The molecule has 12 heavy (non-hydrogen) atoms. The van der Waals surface area contributed by atoms with Crippen molar-refractivity contribution in [2.45, 2.75) is 26.2 Å². The number of likely N-dealkylation sites (tertiary alicyclic amines) is 1. The molecule has 1 heterocycles. The molecule has 66 valence electrons. The zero-order valence-electron chi connectivity index (χ0n) is 7.42. The van der Waals surface area contributed by atoms with Crippen LogP contribution < -0.4 is 0 Å². The number of amides is 1. The van der Waals surface area contributed by atoms with E-state index in [2.05, 4.69) is 0 Å². The Morgan fingerprint density at radius 1 is 1.42 bits per heavy atom. The minimum Gasteiger partial charge on any atom is -0.342 e. The predicted octanol–water partition coefficient (Wildman–Crippen LogP) is 1.16. The Morgan fingerprint density at radius 2 is 2.00 bits per heavy atom. The topological polar surface area (TPSA) is 44.1 Å². The summed E-state index contributed by atoms with van der Waals surface area (Å²) in [5, 5.41) is 8.54. The van der Waals surface area contributed by atoms with Crippen LogP contribution in [0.5, 0.6) is 0 Å². The van der Waals surface area contributed by atoms with Gasteiger partial charge in [0.25, 0.3) is 0 Å². The minimum absolute atomic E-state index is 0.00259. The second kappa shape index (κ2) is 4.10. The molecule has 1 rings (SSSR count). The molecule has 1 atom stereocenters. The Kier molecular flexibility index (Phi) is 3.09. The monoisotopic (exact) mass is 166 g/mol. The van der Waals surface area contributed by atoms with E-state index in [0.29, 0.717) is 0 Å².